The van der Waals surface area contributed by atoms with E-state index in [0.29, 0.717) is 6.54 Å². The summed E-state index contributed by atoms with van der Waals surface area (Å²) in [5.41, 5.74) is 1.33. The van der Waals surface area contributed by atoms with Crippen LogP contribution in [0.1, 0.15) is 42.3 Å². The molecule has 0 radical (unpaired) electrons. The molecular formula is C15H18BrF2N5O. The molecule has 0 atom stereocenters. The summed E-state index contributed by atoms with van der Waals surface area (Å²) < 4.78 is 29.7. The molecule has 0 saturated heterocycles. The van der Waals surface area contributed by atoms with Gasteiger partial charge in [-0.25, -0.2) is 8.78 Å². The molecule has 1 aliphatic carbocycles. The van der Waals surface area contributed by atoms with Crippen molar-refractivity contribution in [2.45, 2.75) is 38.3 Å². The Hall–Kier alpha value is -1.77. The normalized spacial score (nSPS) is 14.4. The number of rotatable bonds is 6. The highest BCUT2D eigenvalue weighted by Gasteiger charge is 2.30. The molecule has 0 unspecified atom stereocenters. The molecule has 130 valence electrons. The summed E-state index contributed by atoms with van der Waals surface area (Å²) >= 11 is 3.40. The number of amides is 1. The summed E-state index contributed by atoms with van der Waals surface area (Å²) in [5.74, 6) is 0.0586. The first-order chi connectivity index (χ1) is 11.4. The Labute approximate surface area is 146 Å². The van der Waals surface area contributed by atoms with Crippen LogP contribution in [0.15, 0.2) is 16.7 Å². The topological polar surface area (TPSA) is 56.0 Å². The average molecular weight is 402 g/mol. The van der Waals surface area contributed by atoms with Gasteiger partial charge in [-0.15, -0.1) is 0 Å². The van der Waals surface area contributed by atoms with Gasteiger partial charge in [0.15, 0.2) is 0 Å². The molecule has 0 aliphatic heterocycles. The fraction of sp³-hybridized carbons (Fsp3) is 0.533. The van der Waals surface area contributed by atoms with E-state index in [1.807, 2.05) is 0 Å². The van der Waals surface area contributed by atoms with Crippen molar-refractivity contribution in [2.24, 2.45) is 7.05 Å². The van der Waals surface area contributed by atoms with E-state index in [4.69, 9.17) is 0 Å². The van der Waals surface area contributed by atoms with Gasteiger partial charge in [-0.3, -0.25) is 14.2 Å². The van der Waals surface area contributed by atoms with Crippen molar-refractivity contribution in [2.75, 3.05) is 7.05 Å². The van der Waals surface area contributed by atoms with Crippen molar-refractivity contribution in [3.8, 4) is 0 Å². The molecule has 3 rings (SSSR count). The van der Waals surface area contributed by atoms with Crippen LogP contribution in [-0.4, -0.2) is 37.4 Å². The second-order valence-corrected chi connectivity index (χ2v) is 6.89. The van der Waals surface area contributed by atoms with Gasteiger partial charge in [0.1, 0.15) is 12.2 Å². The number of carbonyl (C=O) groups is 1. The number of alkyl halides is 2. The van der Waals surface area contributed by atoms with Crippen LogP contribution < -0.4 is 0 Å². The standard InChI is InChI=1S/C15H18BrF2N5O/c1-21(7-13-10(16)6-19-22(13)2)14(24)8-23-12(9-3-4-9)5-11(20-23)15(17)18/h5-6,9,15H,3-4,7-8H2,1-2H3. The SMILES string of the molecule is CN(Cc1c(Br)cnn1C)C(=O)Cn1nc(C(F)F)cc1C1CC1. The molecule has 0 spiro atoms. The van der Waals surface area contributed by atoms with Crippen LogP contribution in [0.5, 0.6) is 0 Å². The third kappa shape index (κ3) is 3.50. The molecule has 1 fully saturated rings. The number of halogens is 3. The maximum Gasteiger partial charge on any atom is 0.282 e. The van der Waals surface area contributed by atoms with Crippen molar-refractivity contribution >= 4 is 21.8 Å². The lowest BCUT2D eigenvalue weighted by molar-refractivity contribution is -0.131. The molecule has 2 aromatic rings. The molecule has 0 N–H and O–H groups in total. The summed E-state index contributed by atoms with van der Waals surface area (Å²) in [7, 11) is 3.47. The average Bonchev–Trinajstić information content (AvgIpc) is 3.22. The van der Waals surface area contributed by atoms with Crippen molar-refractivity contribution in [3.05, 3.63) is 33.8 Å². The van der Waals surface area contributed by atoms with E-state index in [2.05, 4.69) is 26.1 Å². The predicted octanol–water partition coefficient (Wildman–Crippen LogP) is 2.85. The summed E-state index contributed by atoms with van der Waals surface area (Å²) in [5, 5.41) is 8.03. The molecule has 9 heteroatoms. The number of hydrogen-bond acceptors (Lipinski definition) is 3. The van der Waals surface area contributed by atoms with Gasteiger partial charge in [0.05, 0.1) is 22.9 Å². The summed E-state index contributed by atoms with van der Waals surface area (Å²) in [4.78, 5) is 14.0. The van der Waals surface area contributed by atoms with Crippen LogP contribution >= 0.6 is 15.9 Å². The van der Waals surface area contributed by atoms with E-state index in [9.17, 15) is 13.6 Å². The van der Waals surface area contributed by atoms with E-state index >= 15 is 0 Å². The lowest BCUT2D eigenvalue weighted by Gasteiger charge is -2.18. The smallest absolute Gasteiger partial charge is 0.282 e. The molecule has 0 aromatic carbocycles. The number of nitrogens with zero attached hydrogens (tertiary/aromatic N) is 5. The third-order valence-corrected chi connectivity index (χ3v) is 4.82. The van der Waals surface area contributed by atoms with Crippen LogP contribution in [0.25, 0.3) is 0 Å². The molecular weight excluding hydrogens is 384 g/mol. The van der Waals surface area contributed by atoms with Gasteiger partial charge in [0, 0.05) is 25.7 Å². The van der Waals surface area contributed by atoms with Crippen molar-refractivity contribution in [1.82, 2.24) is 24.5 Å². The Morgan fingerprint density at radius 1 is 1.50 bits per heavy atom. The maximum atomic E-state index is 12.9. The van der Waals surface area contributed by atoms with E-state index in [1.165, 1.54) is 10.7 Å². The number of likely N-dealkylation sites (N-methyl/N-ethyl adjacent to an activating group) is 1. The Kier molecular flexibility index (Phi) is 4.71. The van der Waals surface area contributed by atoms with Gasteiger partial charge in [-0.2, -0.15) is 10.2 Å². The molecule has 1 saturated carbocycles. The zero-order valence-corrected chi connectivity index (χ0v) is 15.0. The zero-order valence-electron chi connectivity index (χ0n) is 13.4. The molecule has 1 amide bonds. The minimum absolute atomic E-state index is 0.0372. The Morgan fingerprint density at radius 2 is 2.21 bits per heavy atom. The van der Waals surface area contributed by atoms with Crippen LogP contribution in [-0.2, 0) is 24.9 Å². The highest BCUT2D eigenvalue weighted by Crippen LogP contribution is 2.41. The molecule has 2 aromatic heterocycles. The Morgan fingerprint density at radius 3 is 2.75 bits per heavy atom. The lowest BCUT2D eigenvalue weighted by Crippen LogP contribution is -2.31. The number of carbonyl (C=O) groups excluding carboxylic acids is 1. The number of hydrogen-bond donors (Lipinski definition) is 0. The predicted molar refractivity (Wildman–Crippen MR) is 86.5 cm³/mol. The van der Waals surface area contributed by atoms with Crippen molar-refractivity contribution in [3.63, 3.8) is 0 Å². The molecule has 2 heterocycles. The fourth-order valence-electron chi connectivity index (χ4n) is 2.57. The quantitative estimate of drug-likeness (QED) is 0.747. The lowest BCUT2D eigenvalue weighted by atomic mass is 10.2. The molecule has 0 bridgehead atoms. The van der Waals surface area contributed by atoms with Gasteiger partial charge in [-0.05, 0) is 34.8 Å². The second kappa shape index (κ2) is 6.62. The monoisotopic (exact) mass is 401 g/mol. The molecule has 24 heavy (non-hydrogen) atoms. The van der Waals surface area contributed by atoms with Gasteiger partial charge in [-0.1, -0.05) is 0 Å². The number of aryl methyl sites for hydroxylation is 1. The van der Waals surface area contributed by atoms with E-state index in [1.54, 1.807) is 29.9 Å². The summed E-state index contributed by atoms with van der Waals surface area (Å²) in [6.07, 6.45) is 0.962. The van der Waals surface area contributed by atoms with E-state index in [-0.39, 0.29) is 24.1 Å². The number of aromatic nitrogens is 4. The van der Waals surface area contributed by atoms with Crippen molar-refractivity contribution < 1.29 is 13.6 Å². The van der Waals surface area contributed by atoms with Crippen LogP contribution in [0, 0.1) is 0 Å². The largest absolute Gasteiger partial charge is 0.338 e. The second-order valence-electron chi connectivity index (χ2n) is 6.04. The van der Waals surface area contributed by atoms with Gasteiger partial charge < -0.3 is 4.90 Å². The van der Waals surface area contributed by atoms with Crippen LogP contribution in [0.3, 0.4) is 0 Å². The highest BCUT2D eigenvalue weighted by atomic mass is 79.9. The van der Waals surface area contributed by atoms with E-state index in [0.717, 1.165) is 28.7 Å². The van der Waals surface area contributed by atoms with Crippen LogP contribution in [0.4, 0.5) is 8.78 Å². The van der Waals surface area contributed by atoms with Gasteiger partial charge in [0.2, 0.25) is 5.91 Å². The minimum Gasteiger partial charge on any atom is -0.338 e. The van der Waals surface area contributed by atoms with E-state index < -0.39 is 6.43 Å². The fourth-order valence-corrected chi connectivity index (χ4v) is 3.04. The first kappa shape index (κ1) is 17.1. The highest BCUT2D eigenvalue weighted by molar-refractivity contribution is 9.10. The van der Waals surface area contributed by atoms with Crippen LogP contribution in [0.2, 0.25) is 0 Å². The van der Waals surface area contributed by atoms with Gasteiger partial charge >= 0.3 is 0 Å². The molecule has 1 aliphatic rings. The minimum atomic E-state index is -2.62. The summed E-state index contributed by atoms with van der Waals surface area (Å²) in [6, 6.07) is 1.42. The zero-order chi connectivity index (χ0) is 17.4. The first-order valence-corrected chi connectivity index (χ1v) is 8.42. The molecule has 6 nitrogen and oxygen atoms in total. The maximum absolute atomic E-state index is 12.9. The first-order valence-electron chi connectivity index (χ1n) is 7.63. The van der Waals surface area contributed by atoms with Gasteiger partial charge in [0.25, 0.3) is 6.43 Å². The summed E-state index contributed by atoms with van der Waals surface area (Å²) in [6.45, 7) is 0.335. The third-order valence-electron chi connectivity index (χ3n) is 4.16. The Balaban J connectivity index is 1.72. The van der Waals surface area contributed by atoms with Crippen molar-refractivity contribution in [1.29, 1.82) is 0 Å². The Bertz CT molecular complexity index is 734.